The van der Waals surface area contributed by atoms with E-state index in [2.05, 4.69) is 46.0 Å². The molecular formula is C22H24BrClN6O2S. The van der Waals surface area contributed by atoms with Crippen LogP contribution in [0.15, 0.2) is 34.9 Å². The molecule has 0 unspecified atom stereocenters. The Kier molecular flexibility index (Phi) is 7.92. The van der Waals surface area contributed by atoms with Crippen molar-refractivity contribution in [2.75, 3.05) is 49.5 Å². The van der Waals surface area contributed by atoms with Gasteiger partial charge in [-0.25, -0.2) is 15.0 Å². The fraction of sp³-hybridized carbons (Fsp3) is 0.364. The monoisotopic (exact) mass is 550 g/mol. The number of hydrogen-bond donors (Lipinski definition) is 2. The Morgan fingerprint density at radius 2 is 2.06 bits per heavy atom. The number of aliphatic hydroxyl groups excluding tert-OH is 1. The quantitative estimate of drug-likeness (QED) is 0.407. The van der Waals surface area contributed by atoms with Gasteiger partial charge in [0.2, 0.25) is 0 Å². The summed E-state index contributed by atoms with van der Waals surface area (Å²) < 4.78 is 0.812. The van der Waals surface area contributed by atoms with Gasteiger partial charge in [0.1, 0.15) is 17.5 Å². The molecule has 1 fully saturated rings. The van der Waals surface area contributed by atoms with E-state index in [0.29, 0.717) is 33.2 Å². The lowest BCUT2D eigenvalue weighted by molar-refractivity contribution is 0.0996. The maximum atomic E-state index is 12.8. The molecule has 0 saturated carbocycles. The number of nitrogens with zero attached hydrogens (tertiary/aromatic N) is 5. The van der Waals surface area contributed by atoms with Crippen molar-refractivity contribution in [2.45, 2.75) is 13.3 Å². The third kappa shape index (κ3) is 6.07. The van der Waals surface area contributed by atoms with Gasteiger partial charge >= 0.3 is 0 Å². The second kappa shape index (κ2) is 10.9. The molecule has 1 aromatic carbocycles. The van der Waals surface area contributed by atoms with Gasteiger partial charge in [0.15, 0.2) is 10.9 Å². The van der Waals surface area contributed by atoms with Crippen molar-refractivity contribution >= 4 is 61.4 Å². The Morgan fingerprint density at radius 3 is 2.79 bits per heavy atom. The van der Waals surface area contributed by atoms with Gasteiger partial charge in [0.25, 0.3) is 0 Å². The van der Waals surface area contributed by atoms with Gasteiger partial charge in [0.05, 0.1) is 17.7 Å². The highest BCUT2D eigenvalue weighted by Gasteiger charge is 2.19. The number of hydrogen-bond acceptors (Lipinski definition) is 9. The molecule has 1 aliphatic rings. The molecule has 0 atom stereocenters. The van der Waals surface area contributed by atoms with Gasteiger partial charge < -0.3 is 15.3 Å². The zero-order valence-corrected chi connectivity index (χ0v) is 21.3. The normalized spacial score (nSPS) is 14.5. The lowest BCUT2D eigenvalue weighted by Gasteiger charge is -2.35. The highest BCUT2D eigenvalue weighted by Crippen LogP contribution is 2.29. The summed E-state index contributed by atoms with van der Waals surface area (Å²) in [7, 11) is 0. The average Bonchev–Trinajstić information content (AvgIpc) is 3.25. The summed E-state index contributed by atoms with van der Waals surface area (Å²) in [5.41, 5.74) is 0.766. The molecule has 2 N–H and O–H groups in total. The van der Waals surface area contributed by atoms with Crippen LogP contribution in [-0.4, -0.2) is 70.1 Å². The number of benzene rings is 1. The Morgan fingerprint density at radius 1 is 1.27 bits per heavy atom. The third-order valence-electron chi connectivity index (χ3n) is 5.35. The van der Waals surface area contributed by atoms with E-state index in [1.54, 1.807) is 12.3 Å². The van der Waals surface area contributed by atoms with E-state index in [1.807, 2.05) is 25.1 Å². The van der Waals surface area contributed by atoms with Crippen molar-refractivity contribution in [2.24, 2.45) is 0 Å². The number of anilines is 3. The van der Waals surface area contributed by atoms with Gasteiger partial charge in [-0.15, -0.1) is 0 Å². The zero-order chi connectivity index (χ0) is 23.4. The number of ketones is 1. The number of carbonyl (C=O) groups excluding carboxylic acids is 1. The van der Waals surface area contributed by atoms with Crippen LogP contribution >= 0.6 is 38.9 Å². The van der Waals surface area contributed by atoms with Crippen LogP contribution in [0.1, 0.15) is 21.1 Å². The van der Waals surface area contributed by atoms with Crippen LogP contribution in [0.4, 0.5) is 16.8 Å². The minimum atomic E-state index is -0.0466. The molecule has 0 aliphatic carbocycles. The van der Waals surface area contributed by atoms with Crippen LogP contribution in [0.25, 0.3) is 0 Å². The van der Waals surface area contributed by atoms with E-state index in [1.165, 1.54) is 11.3 Å². The standard InChI is InChI=1S/C22H24BrClN6O2S/c1-14-26-20(12-21(27-14)30-7-5-29(6-8-30)9-10-31)28-22-25-13-19(33-22)18(32)11-15-16(23)3-2-4-17(15)24/h2-4,12-13,31H,5-11H2,1H3,(H,25,26,27,28). The first-order valence-corrected chi connectivity index (χ1v) is 12.5. The molecule has 174 valence electrons. The second-order valence-corrected chi connectivity index (χ2v) is 9.96. The third-order valence-corrected chi connectivity index (χ3v) is 7.40. The summed E-state index contributed by atoms with van der Waals surface area (Å²) in [6.45, 7) is 6.16. The molecule has 0 spiro atoms. The maximum absolute atomic E-state index is 12.8. The van der Waals surface area contributed by atoms with Crippen molar-refractivity contribution in [3.8, 4) is 0 Å². The summed E-state index contributed by atoms with van der Waals surface area (Å²) in [6, 6.07) is 7.38. The molecule has 0 amide bonds. The number of halogens is 2. The van der Waals surface area contributed by atoms with Crippen LogP contribution in [0.3, 0.4) is 0 Å². The topological polar surface area (TPSA) is 94.5 Å². The predicted molar refractivity (Wildman–Crippen MR) is 135 cm³/mol. The Balaban J connectivity index is 1.43. The number of aliphatic hydroxyl groups is 1. The van der Waals surface area contributed by atoms with Gasteiger partial charge in [-0.05, 0) is 24.6 Å². The average molecular weight is 552 g/mol. The van der Waals surface area contributed by atoms with E-state index in [4.69, 9.17) is 16.7 Å². The number of carbonyl (C=O) groups is 1. The molecule has 0 radical (unpaired) electrons. The molecule has 1 saturated heterocycles. The molecule has 33 heavy (non-hydrogen) atoms. The first-order chi connectivity index (χ1) is 15.9. The minimum absolute atomic E-state index is 0.0466. The van der Waals surface area contributed by atoms with Gasteiger partial charge in [0, 0.05) is 54.7 Å². The number of rotatable bonds is 8. The van der Waals surface area contributed by atoms with Crippen molar-refractivity contribution < 1.29 is 9.90 Å². The van der Waals surface area contributed by atoms with Crippen molar-refractivity contribution in [1.82, 2.24) is 19.9 Å². The fourth-order valence-electron chi connectivity index (χ4n) is 3.64. The molecule has 4 rings (SSSR count). The summed E-state index contributed by atoms with van der Waals surface area (Å²) in [4.78, 5) is 31.2. The van der Waals surface area contributed by atoms with Gasteiger partial charge in [-0.3, -0.25) is 9.69 Å². The first-order valence-electron chi connectivity index (χ1n) is 10.6. The predicted octanol–water partition coefficient (Wildman–Crippen LogP) is 3.94. The van der Waals surface area contributed by atoms with E-state index >= 15 is 0 Å². The molecular weight excluding hydrogens is 528 g/mol. The van der Waals surface area contributed by atoms with Crippen LogP contribution in [0.5, 0.6) is 0 Å². The Labute approximate surface area is 209 Å². The number of Topliss-reactive ketones (excluding diaryl/α,β-unsaturated/α-hetero) is 1. The van der Waals surface area contributed by atoms with Gasteiger partial charge in [-0.2, -0.15) is 0 Å². The number of aromatic nitrogens is 3. The fourth-order valence-corrected chi connectivity index (χ4v) is 5.26. The van der Waals surface area contributed by atoms with Crippen LogP contribution in [0, 0.1) is 6.92 Å². The highest BCUT2D eigenvalue weighted by molar-refractivity contribution is 9.10. The number of aryl methyl sites for hydroxylation is 1. The van der Waals surface area contributed by atoms with Gasteiger partial charge in [-0.1, -0.05) is 44.9 Å². The van der Waals surface area contributed by atoms with Crippen LogP contribution in [0.2, 0.25) is 5.02 Å². The molecule has 11 heteroatoms. The summed E-state index contributed by atoms with van der Waals surface area (Å²) >= 11 is 11.0. The highest BCUT2D eigenvalue weighted by atomic mass is 79.9. The number of β-amino-alcohol motifs (C(OH)–C–C–N with tert-alkyl or cyclic N) is 1. The number of thiazole rings is 1. The molecule has 2 aromatic heterocycles. The molecule has 1 aliphatic heterocycles. The van der Waals surface area contributed by atoms with Crippen molar-refractivity contribution in [3.63, 3.8) is 0 Å². The number of nitrogens with one attached hydrogen (secondary N) is 1. The van der Waals surface area contributed by atoms with E-state index < -0.39 is 0 Å². The molecule has 3 heterocycles. The molecule has 3 aromatic rings. The van der Waals surface area contributed by atoms with Crippen LogP contribution in [-0.2, 0) is 6.42 Å². The van der Waals surface area contributed by atoms with Crippen LogP contribution < -0.4 is 10.2 Å². The minimum Gasteiger partial charge on any atom is -0.395 e. The first kappa shape index (κ1) is 24.0. The lowest BCUT2D eigenvalue weighted by atomic mass is 10.1. The largest absolute Gasteiger partial charge is 0.395 e. The number of piperazine rings is 1. The molecule has 0 bridgehead atoms. The van der Waals surface area contributed by atoms with E-state index in [-0.39, 0.29) is 18.8 Å². The summed E-state index contributed by atoms with van der Waals surface area (Å²) in [5.74, 6) is 2.10. The van der Waals surface area contributed by atoms with Crippen molar-refractivity contribution in [3.05, 3.63) is 56.2 Å². The van der Waals surface area contributed by atoms with E-state index in [9.17, 15) is 4.79 Å². The van der Waals surface area contributed by atoms with E-state index in [0.717, 1.165) is 42.0 Å². The Hall–Kier alpha value is -2.11. The molecule has 8 nitrogen and oxygen atoms in total. The summed E-state index contributed by atoms with van der Waals surface area (Å²) in [5, 5.41) is 13.5. The SMILES string of the molecule is Cc1nc(Nc2ncc(C(=O)Cc3c(Cl)cccc3Br)s2)cc(N2CCN(CCO)CC2)n1. The smallest absolute Gasteiger partial charge is 0.188 e. The maximum Gasteiger partial charge on any atom is 0.188 e. The second-order valence-electron chi connectivity index (χ2n) is 7.67. The zero-order valence-electron chi connectivity index (χ0n) is 18.1. The van der Waals surface area contributed by atoms with Crippen molar-refractivity contribution in [1.29, 1.82) is 0 Å². The summed E-state index contributed by atoms with van der Waals surface area (Å²) in [6.07, 6.45) is 1.77. The Bertz CT molecular complexity index is 1120. The lowest BCUT2D eigenvalue weighted by Crippen LogP contribution is -2.47.